The van der Waals surface area contributed by atoms with Crippen molar-refractivity contribution in [2.75, 3.05) is 39.3 Å². The van der Waals surface area contributed by atoms with Gasteiger partial charge in [0.25, 0.3) is 0 Å². The Kier molecular flexibility index (Phi) is 4.29. The molecule has 0 radical (unpaired) electrons. The fourth-order valence-electron chi connectivity index (χ4n) is 5.11. The Labute approximate surface area is 154 Å². The number of carbonyl (C=O) groups excluding carboxylic acids is 2. The highest BCUT2D eigenvalue weighted by atomic mass is 16.2. The molecule has 7 heteroatoms. The van der Waals surface area contributed by atoms with Crippen molar-refractivity contribution in [3.05, 3.63) is 17.5 Å². The molecule has 0 N–H and O–H groups in total. The van der Waals surface area contributed by atoms with Crippen LogP contribution in [-0.4, -0.2) is 75.6 Å². The number of aromatic nitrogens is 2. The van der Waals surface area contributed by atoms with Crippen LogP contribution in [0.25, 0.3) is 0 Å². The highest BCUT2D eigenvalue weighted by Crippen LogP contribution is 2.45. The first-order chi connectivity index (χ1) is 12.4. The summed E-state index contributed by atoms with van der Waals surface area (Å²) in [5.74, 6) is 0.586. The van der Waals surface area contributed by atoms with Crippen molar-refractivity contribution in [2.24, 2.45) is 18.4 Å². The standard InChI is InChI=1S/C19H29N5O2/c1-14-8-17(21(3)20-14)11-22-9-16-10-24(15(2)25)13-19(16,12-22)18(26)23-6-4-5-7-23/h8,16H,4-7,9-13H2,1-3H3/t16-,19-/m1/s1. The lowest BCUT2D eigenvalue weighted by Crippen LogP contribution is -2.49. The van der Waals surface area contributed by atoms with E-state index in [1.54, 1.807) is 6.92 Å². The van der Waals surface area contributed by atoms with Crippen LogP contribution in [0.5, 0.6) is 0 Å². The smallest absolute Gasteiger partial charge is 0.232 e. The molecule has 0 bridgehead atoms. The van der Waals surface area contributed by atoms with E-state index in [1.807, 2.05) is 28.5 Å². The molecule has 142 valence electrons. The van der Waals surface area contributed by atoms with Crippen LogP contribution in [0.1, 0.15) is 31.2 Å². The van der Waals surface area contributed by atoms with E-state index < -0.39 is 5.41 Å². The van der Waals surface area contributed by atoms with E-state index in [0.29, 0.717) is 13.1 Å². The van der Waals surface area contributed by atoms with Crippen LogP contribution in [0, 0.1) is 18.3 Å². The van der Waals surface area contributed by atoms with Crippen molar-refractivity contribution in [1.82, 2.24) is 24.5 Å². The summed E-state index contributed by atoms with van der Waals surface area (Å²) < 4.78 is 1.93. The molecule has 26 heavy (non-hydrogen) atoms. The lowest BCUT2D eigenvalue weighted by Gasteiger charge is -2.32. The SMILES string of the molecule is CC(=O)N1C[C@H]2CN(Cc3cc(C)nn3C)C[C@@]2(C(=O)N2CCCC2)C1. The summed E-state index contributed by atoms with van der Waals surface area (Å²) in [5.41, 5.74) is 1.77. The van der Waals surface area contributed by atoms with Gasteiger partial charge in [0.05, 0.1) is 16.8 Å². The second-order valence-electron chi connectivity index (χ2n) is 8.32. The minimum Gasteiger partial charge on any atom is -0.342 e. The summed E-state index contributed by atoms with van der Waals surface area (Å²) in [6.45, 7) is 9.05. The molecule has 3 fully saturated rings. The van der Waals surface area contributed by atoms with Crippen LogP contribution < -0.4 is 0 Å². The molecular weight excluding hydrogens is 330 g/mol. The van der Waals surface area contributed by atoms with Crippen LogP contribution >= 0.6 is 0 Å². The van der Waals surface area contributed by atoms with Gasteiger partial charge in [0.15, 0.2) is 0 Å². The van der Waals surface area contributed by atoms with Crippen LogP contribution in [0.15, 0.2) is 6.07 Å². The summed E-state index contributed by atoms with van der Waals surface area (Å²) in [6.07, 6.45) is 2.20. The van der Waals surface area contributed by atoms with E-state index >= 15 is 0 Å². The number of nitrogens with zero attached hydrogens (tertiary/aromatic N) is 5. The third-order valence-electron chi connectivity index (χ3n) is 6.43. The van der Waals surface area contributed by atoms with Crippen molar-refractivity contribution in [2.45, 2.75) is 33.2 Å². The van der Waals surface area contributed by atoms with Crippen LogP contribution in [0.2, 0.25) is 0 Å². The molecule has 0 saturated carbocycles. The molecule has 2 atom stereocenters. The van der Waals surface area contributed by atoms with E-state index in [4.69, 9.17) is 0 Å². The van der Waals surface area contributed by atoms with Crippen molar-refractivity contribution in [3.8, 4) is 0 Å². The molecule has 4 rings (SSSR count). The molecule has 3 aliphatic heterocycles. The fraction of sp³-hybridized carbons (Fsp3) is 0.737. The zero-order valence-electron chi connectivity index (χ0n) is 16.1. The molecular formula is C19H29N5O2. The van der Waals surface area contributed by atoms with E-state index in [2.05, 4.69) is 16.1 Å². The number of aryl methyl sites for hydroxylation is 2. The highest BCUT2D eigenvalue weighted by Gasteiger charge is 2.58. The Morgan fingerprint density at radius 2 is 1.92 bits per heavy atom. The predicted octanol–water partition coefficient (Wildman–Crippen LogP) is 0.631. The minimum absolute atomic E-state index is 0.0850. The molecule has 0 unspecified atom stereocenters. The van der Waals surface area contributed by atoms with Crippen molar-refractivity contribution in [3.63, 3.8) is 0 Å². The lowest BCUT2D eigenvalue weighted by molar-refractivity contribution is -0.141. The number of hydrogen-bond acceptors (Lipinski definition) is 4. The van der Waals surface area contributed by atoms with Gasteiger partial charge in [0.1, 0.15) is 0 Å². The molecule has 1 aromatic rings. The van der Waals surface area contributed by atoms with Crippen molar-refractivity contribution in [1.29, 1.82) is 0 Å². The second kappa shape index (κ2) is 6.37. The Morgan fingerprint density at radius 3 is 2.54 bits per heavy atom. The quantitative estimate of drug-likeness (QED) is 0.794. The largest absolute Gasteiger partial charge is 0.342 e. The molecule has 2 amide bonds. The molecule has 0 aliphatic carbocycles. The first kappa shape index (κ1) is 17.5. The highest BCUT2D eigenvalue weighted by molar-refractivity contribution is 5.86. The predicted molar refractivity (Wildman–Crippen MR) is 97.2 cm³/mol. The average molecular weight is 359 g/mol. The van der Waals surface area contributed by atoms with E-state index in [9.17, 15) is 9.59 Å². The zero-order chi connectivity index (χ0) is 18.5. The number of rotatable bonds is 3. The van der Waals surface area contributed by atoms with Gasteiger partial charge >= 0.3 is 0 Å². The van der Waals surface area contributed by atoms with Crippen LogP contribution in [0.3, 0.4) is 0 Å². The maximum Gasteiger partial charge on any atom is 0.232 e. The van der Waals surface area contributed by atoms with E-state index in [1.165, 1.54) is 5.69 Å². The zero-order valence-corrected chi connectivity index (χ0v) is 16.1. The van der Waals surface area contributed by atoms with Gasteiger partial charge in [0, 0.05) is 65.7 Å². The average Bonchev–Trinajstić information content (AvgIpc) is 3.31. The van der Waals surface area contributed by atoms with Gasteiger partial charge in [-0.1, -0.05) is 0 Å². The van der Waals surface area contributed by atoms with E-state index in [0.717, 1.165) is 51.3 Å². The number of hydrogen-bond donors (Lipinski definition) is 0. The first-order valence-corrected chi connectivity index (χ1v) is 9.66. The van der Waals surface area contributed by atoms with Gasteiger partial charge in [-0.2, -0.15) is 5.10 Å². The Hall–Kier alpha value is -1.89. The Balaban J connectivity index is 1.56. The van der Waals surface area contributed by atoms with Gasteiger partial charge in [0.2, 0.25) is 11.8 Å². The van der Waals surface area contributed by atoms with Gasteiger partial charge in [-0.05, 0) is 25.8 Å². The molecule has 0 spiro atoms. The third kappa shape index (κ3) is 2.82. The maximum atomic E-state index is 13.4. The van der Waals surface area contributed by atoms with Crippen molar-refractivity contribution >= 4 is 11.8 Å². The molecule has 4 heterocycles. The summed E-state index contributed by atoms with van der Waals surface area (Å²) in [6, 6.07) is 2.12. The Bertz CT molecular complexity index is 724. The number of likely N-dealkylation sites (tertiary alicyclic amines) is 3. The molecule has 3 aliphatic rings. The van der Waals surface area contributed by atoms with Gasteiger partial charge < -0.3 is 9.80 Å². The van der Waals surface area contributed by atoms with E-state index in [-0.39, 0.29) is 17.7 Å². The normalized spacial score (nSPS) is 28.8. The first-order valence-electron chi connectivity index (χ1n) is 9.66. The molecule has 3 saturated heterocycles. The number of fused-ring (bicyclic) bond motifs is 1. The molecule has 7 nitrogen and oxygen atoms in total. The minimum atomic E-state index is -0.427. The van der Waals surface area contributed by atoms with Gasteiger partial charge in [-0.3, -0.25) is 19.2 Å². The van der Waals surface area contributed by atoms with Gasteiger partial charge in [-0.15, -0.1) is 0 Å². The number of amides is 2. The van der Waals surface area contributed by atoms with Crippen molar-refractivity contribution < 1.29 is 9.59 Å². The topological polar surface area (TPSA) is 61.7 Å². The molecule has 0 aromatic carbocycles. The van der Waals surface area contributed by atoms with Gasteiger partial charge in [-0.25, -0.2) is 0 Å². The second-order valence-corrected chi connectivity index (χ2v) is 8.32. The fourth-order valence-corrected chi connectivity index (χ4v) is 5.11. The van der Waals surface area contributed by atoms with Crippen LogP contribution in [0.4, 0.5) is 0 Å². The lowest BCUT2D eigenvalue weighted by atomic mass is 9.79. The maximum absolute atomic E-state index is 13.4. The third-order valence-corrected chi connectivity index (χ3v) is 6.43. The summed E-state index contributed by atoms with van der Waals surface area (Å²) in [5, 5.41) is 4.44. The summed E-state index contributed by atoms with van der Waals surface area (Å²) >= 11 is 0. The Morgan fingerprint density at radius 1 is 1.19 bits per heavy atom. The van der Waals surface area contributed by atoms with Crippen LogP contribution in [-0.2, 0) is 23.2 Å². The summed E-state index contributed by atoms with van der Waals surface area (Å²) in [7, 11) is 1.97. The number of carbonyl (C=O) groups is 2. The monoisotopic (exact) mass is 359 g/mol. The molecule has 1 aromatic heterocycles. The summed E-state index contributed by atoms with van der Waals surface area (Å²) in [4.78, 5) is 31.7.